The van der Waals surface area contributed by atoms with Gasteiger partial charge in [-0.25, -0.2) is 91.7 Å². The number of aromatic nitrogens is 8. The highest BCUT2D eigenvalue weighted by molar-refractivity contribution is 7.93. The Morgan fingerprint density at radius 1 is 0.331 bits per heavy atom. The van der Waals surface area contributed by atoms with Crippen molar-refractivity contribution in [2.24, 2.45) is 0 Å². The Morgan fingerprint density at radius 3 is 0.831 bits per heavy atom. The van der Waals surface area contributed by atoms with E-state index in [1.165, 1.54) is 111 Å². The lowest BCUT2D eigenvalue weighted by atomic mass is 10.1. The van der Waals surface area contributed by atoms with Crippen LogP contribution in [0.4, 0.5) is 64.7 Å². The largest absolute Gasteiger partial charge is 0.385 e. The predicted molar refractivity (Wildman–Crippen MR) is 584 cm³/mol. The van der Waals surface area contributed by atoms with Gasteiger partial charge in [0.25, 0.3) is 62.3 Å². The summed E-state index contributed by atoms with van der Waals surface area (Å²) in [6.45, 7) is 13.7. The van der Waals surface area contributed by atoms with Gasteiger partial charge < -0.3 is 57.1 Å². The monoisotopic (exact) mass is 2240 g/mol. The molecule has 10 heterocycles. The average Bonchev–Trinajstić information content (AvgIpc) is 1.57. The number of carbonyl (C=O) groups is 4. The Hall–Kier alpha value is -13.8. The Morgan fingerprint density at radius 2 is 0.581 bits per heavy atom. The van der Waals surface area contributed by atoms with E-state index in [0.717, 1.165) is 160 Å². The van der Waals surface area contributed by atoms with Crippen LogP contribution in [-0.4, -0.2) is 210 Å². The molecule has 2 fully saturated rings. The van der Waals surface area contributed by atoms with Gasteiger partial charge in [-0.2, -0.15) is 0 Å². The van der Waals surface area contributed by atoms with Gasteiger partial charge in [0.15, 0.2) is 0 Å². The van der Waals surface area contributed by atoms with E-state index in [1.807, 2.05) is 81.5 Å². The van der Waals surface area contributed by atoms with Gasteiger partial charge in [0, 0.05) is 104 Å². The maximum Gasteiger partial charge on any atom is 0.333 e. The highest BCUT2D eigenvalue weighted by Gasteiger charge is 2.27. The molecule has 148 heavy (non-hydrogen) atoms. The second-order valence-electron chi connectivity index (χ2n) is 33.1. The third-order valence-corrected chi connectivity index (χ3v) is 34.6. The van der Waals surface area contributed by atoms with E-state index in [1.54, 1.807) is 121 Å². The van der Waals surface area contributed by atoms with E-state index < -0.39 is 64.2 Å². The van der Waals surface area contributed by atoms with E-state index in [9.17, 15) is 72.0 Å². The van der Waals surface area contributed by atoms with Crippen molar-refractivity contribution in [1.82, 2.24) is 71.8 Å². The second kappa shape index (κ2) is 49.3. The molecule has 0 atom stereocenters. The van der Waals surface area contributed by atoms with Crippen LogP contribution in [0.3, 0.4) is 0 Å². The fourth-order valence-corrected chi connectivity index (χ4v) is 24.5. The zero-order valence-corrected chi connectivity index (χ0v) is 88.3. The molecular weight excluding hydrogens is 2150 g/mol. The molecule has 8 aromatic heterocycles. The third kappa shape index (κ3) is 29.0. The van der Waals surface area contributed by atoms with Gasteiger partial charge in [-0.15, -0.1) is 45.3 Å². The van der Waals surface area contributed by atoms with Crippen LogP contribution in [0.1, 0.15) is 32.6 Å². The van der Waals surface area contributed by atoms with E-state index in [0.29, 0.717) is 106 Å². The molecular formula is C96H95Cl4N23O17S8. The van der Waals surface area contributed by atoms with Gasteiger partial charge in [0.2, 0.25) is 0 Å². The van der Waals surface area contributed by atoms with Crippen LogP contribution in [0.15, 0.2) is 280 Å². The van der Waals surface area contributed by atoms with Crippen LogP contribution < -0.4 is 83.7 Å². The molecule has 0 unspecified atom stereocenters. The first-order chi connectivity index (χ1) is 70.9. The standard InChI is InChI=1S/C26H27ClN6O4S2.C25H25ClN6O5S2.C23H23ClN6O4S2.C22H20ClN5O4S2/c27-23-10-11-24(38-23)39(36,37)31-26(35)30-18-4-7-20(8-5-18)33-17-29-22-16-19(6-9-21(22)25(33)34)28-12-15-32-13-2-1-3-14-32;26-22-7-8-23(38-22)39(35,36)30-25(34)29-17-1-4-19(5-2-17)32-16-28-21-15-18(3-6-20(21)24(32)33)27-9-10-31-11-13-37-14-12-31;1-29(2)12-11-25-16-5-8-18-19(13-16)26-14-30(22(18)31)17-6-3-15(4-7-17)27-23(32)28-36(33,34)21-10-9-20(24)35-21;1-2-11-24-15-5-8-17-18(12-15)25-13-28(21(17)29)16-6-3-14(4-7-16)26-22(30)27-34(31,32)20-10-9-19(23)33-20/h4-11,16-17,28H,1-3,12-15H2,(H2,30,31,35);1-8,15-16,27H,9-14H2,(H2,29,30,34);3-10,13-14,25H,11-12H2,1-2H3,(H2,27,28,32);3-10,12-13,24H,2,11H2,1H3,(H2,26,27,30). The van der Waals surface area contributed by atoms with Crippen molar-refractivity contribution in [3.63, 3.8) is 0 Å². The normalized spacial score (nSPS) is 12.9. The summed E-state index contributed by atoms with van der Waals surface area (Å²) in [4.78, 5) is 126. The SMILES string of the molecule is CCCNc1ccc2c(=O)n(-c3ccc(NC(=O)NS(=O)(=O)c4ccc(Cl)s4)cc3)cnc2c1.CN(C)CCNc1ccc2c(=O)n(-c3ccc(NC(=O)NS(=O)(=O)c4ccc(Cl)s4)cc3)cnc2c1.O=C(Nc1ccc(-n2cnc3cc(NCCN4CCCCC4)ccc3c2=O)cc1)NS(=O)(=O)c1ccc(Cl)s1.O=C(Nc1ccc(-n2cnc3cc(NCCN4CCOCC4)ccc3c2=O)cc1)NS(=O)(=O)c1ccc(Cl)s1. The lowest BCUT2D eigenvalue weighted by Gasteiger charge is -2.26. The number of piperidine rings is 1. The maximum atomic E-state index is 13.2. The first kappa shape index (κ1) is 108. The number of sulfonamides is 4. The summed E-state index contributed by atoms with van der Waals surface area (Å²) < 4.78 is 118. The number of halogens is 4. The Kier molecular flexibility index (Phi) is 36.1. The molecule has 8 amide bonds. The molecule has 12 N–H and O–H groups in total. The number of hydrogen-bond donors (Lipinski definition) is 12. The van der Waals surface area contributed by atoms with Crippen LogP contribution in [0, 0.1) is 0 Å². The first-order valence-electron chi connectivity index (χ1n) is 45.4. The molecule has 0 bridgehead atoms. The number of anilines is 8. The minimum Gasteiger partial charge on any atom is -0.385 e. The summed E-state index contributed by atoms with van der Waals surface area (Å²) in [6.07, 6.45) is 10.6. The number of morpholine rings is 1. The number of amides is 8. The summed E-state index contributed by atoms with van der Waals surface area (Å²) in [5, 5.41) is 25.1. The molecule has 0 spiro atoms. The number of urea groups is 4. The number of nitrogens with zero attached hydrogens (tertiary/aromatic N) is 11. The average molecular weight is 2240 g/mol. The summed E-state index contributed by atoms with van der Waals surface area (Å²) in [6, 6.07) is 54.6. The Labute approximate surface area is 883 Å². The molecule has 40 nitrogen and oxygen atoms in total. The molecule has 2 saturated heterocycles. The van der Waals surface area contributed by atoms with Crippen LogP contribution in [0.25, 0.3) is 66.4 Å². The molecule has 0 radical (unpaired) electrons. The van der Waals surface area contributed by atoms with Gasteiger partial charge in [0.1, 0.15) is 42.1 Å². The minimum absolute atomic E-state index is 0.0680. The molecule has 0 saturated carbocycles. The number of likely N-dealkylation sites (N-methyl/N-ethyl adjacent to an activating group) is 1. The van der Waals surface area contributed by atoms with Crippen molar-refractivity contribution in [3.05, 3.63) is 302 Å². The number of carbonyl (C=O) groups excluding carboxylic acids is 4. The van der Waals surface area contributed by atoms with Crippen molar-refractivity contribution in [1.29, 1.82) is 0 Å². The molecule has 0 aliphatic carbocycles. The number of ether oxygens (including phenoxy) is 1. The van der Waals surface area contributed by atoms with Crippen molar-refractivity contribution < 1.29 is 57.6 Å². The highest BCUT2D eigenvalue weighted by Crippen LogP contribution is 2.32. The molecule has 52 heteroatoms. The summed E-state index contributed by atoms with van der Waals surface area (Å²) in [5.41, 5.74) is 8.53. The van der Waals surface area contributed by atoms with Crippen molar-refractivity contribution in [2.45, 2.75) is 49.4 Å². The number of thiophene rings is 4. The number of fused-ring (bicyclic) bond motifs is 4. The zero-order valence-electron chi connectivity index (χ0n) is 78.8. The van der Waals surface area contributed by atoms with Gasteiger partial charge in [0.05, 0.1) is 96.9 Å². The summed E-state index contributed by atoms with van der Waals surface area (Å²) in [7, 11) is -12.2. The smallest absolute Gasteiger partial charge is 0.333 e. The van der Waals surface area contributed by atoms with Crippen LogP contribution in [0.2, 0.25) is 17.3 Å². The molecule has 18 rings (SSSR count). The van der Waals surface area contributed by atoms with E-state index in [2.05, 4.69) is 84.1 Å². The number of likely N-dealkylation sites (tertiary alicyclic amines) is 1. The lowest BCUT2D eigenvalue weighted by molar-refractivity contribution is 0.0398. The van der Waals surface area contributed by atoms with E-state index in [4.69, 9.17) is 51.1 Å². The van der Waals surface area contributed by atoms with Gasteiger partial charge >= 0.3 is 24.1 Å². The second-order valence-corrected chi connectivity index (χ2v) is 47.6. The first-order valence-corrected chi connectivity index (χ1v) is 56.1. The fourth-order valence-electron chi connectivity index (χ4n) is 15.0. The number of benzene rings is 8. The number of nitrogens with one attached hydrogen (secondary N) is 12. The van der Waals surface area contributed by atoms with Crippen LogP contribution in [-0.2, 0) is 44.8 Å². The highest BCUT2D eigenvalue weighted by atomic mass is 35.5. The molecule has 2 aliphatic rings. The molecule has 8 aromatic carbocycles. The van der Waals surface area contributed by atoms with Gasteiger partial charge in [-0.05, 0) is 265 Å². The van der Waals surface area contributed by atoms with E-state index >= 15 is 0 Å². The Bertz CT molecular complexity index is 8050. The zero-order chi connectivity index (χ0) is 105. The predicted octanol–water partition coefficient (Wildman–Crippen LogP) is 15.9. The summed E-state index contributed by atoms with van der Waals surface area (Å²) >= 11 is 26.5. The molecule has 772 valence electrons. The van der Waals surface area contributed by atoms with Gasteiger partial charge in [-0.1, -0.05) is 59.7 Å². The number of hydrogen-bond acceptors (Lipinski definition) is 32. The minimum atomic E-state index is -4.04. The maximum absolute atomic E-state index is 13.2. The lowest BCUT2D eigenvalue weighted by Crippen LogP contribution is -2.39. The van der Waals surface area contributed by atoms with Crippen LogP contribution >= 0.6 is 91.8 Å². The number of rotatable bonds is 31. The fraction of sp³-hybridized carbons (Fsp3) is 0.208. The van der Waals surface area contributed by atoms with Crippen molar-refractivity contribution in [2.75, 3.05) is 142 Å². The van der Waals surface area contributed by atoms with Crippen molar-refractivity contribution >= 4 is 245 Å². The van der Waals surface area contributed by atoms with Gasteiger partial charge in [-0.3, -0.25) is 42.3 Å². The topological polar surface area (TPSA) is 508 Å². The quantitative estimate of drug-likeness (QED) is 0.0192. The molecule has 16 aromatic rings. The van der Waals surface area contributed by atoms with Crippen LogP contribution in [0.5, 0.6) is 0 Å². The van der Waals surface area contributed by atoms with Crippen molar-refractivity contribution in [3.8, 4) is 22.7 Å². The Balaban J connectivity index is 0.000000148. The third-order valence-electron chi connectivity index (χ3n) is 22.3. The summed E-state index contributed by atoms with van der Waals surface area (Å²) in [5.74, 6) is 0. The molecule has 2 aliphatic heterocycles. The van der Waals surface area contributed by atoms with E-state index in [-0.39, 0.29) is 39.1 Å².